The number of hydrogen-bond donors (Lipinski definition) is 1. The standard InChI is InChI=1S/C31H29ClFN3O5S/c32-22-2-1-3-23(33)26(22)28-21(29(41-35-28)15-4-5-15)14-40-24-11-19-8-18(24)12-36(19)31-34-27-20(16-6-7-39-13-16)9-17(30(37)38)10-25(27)42-31/h1-3,9-10,15-16,18-19,24H,4-8,11-14H2,(H,37,38)/t16-,18-,19-,24+/m0/s1. The van der Waals surface area contributed by atoms with E-state index in [4.69, 9.17) is 30.6 Å². The molecular formula is C31H29ClFN3O5S. The number of anilines is 1. The lowest BCUT2D eigenvalue weighted by Gasteiger charge is -2.31. The topological polar surface area (TPSA) is 97.9 Å². The van der Waals surface area contributed by atoms with Crippen molar-refractivity contribution < 1.29 is 28.3 Å². The van der Waals surface area contributed by atoms with Gasteiger partial charge in [-0.2, -0.15) is 0 Å². The first kappa shape index (κ1) is 26.6. The van der Waals surface area contributed by atoms with Gasteiger partial charge >= 0.3 is 5.97 Å². The van der Waals surface area contributed by atoms with Gasteiger partial charge in [0.1, 0.15) is 17.3 Å². The van der Waals surface area contributed by atoms with Crippen molar-refractivity contribution in [2.45, 2.75) is 62.7 Å². The average Bonchev–Trinajstić information content (AvgIpc) is 3.49. The third-order valence-electron chi connectivity index (χ3n) is 9.26. The van der Waals surface area contributed by atoms with Crippen LogP contribution in [0.15, 0.2) is 34.9 Å². The summed E-state index contributed by atoms with van der Waals surface area (Å²) in [5.74, 6) is 0.232. The van der Waals surface area contributed by atoms with Crippen LogP contribution in [0.25, 0.3) is 21.5 Å². The number of nitrogens with zero attached hydrogens (tertiary/aromatic N) is 3. The lowest BCUT2D eigenvalue weighted by atomic mass is 9.95. The van der Waals surface area contributed by atoms with Crippen molar-refractivity contribution >= 4 is 44.3 Å². The Morgan fingerprint density at radius 1 is 1.21 bits per heavy atom. The summed E-state index contributed by atoms with van der Waals surface area (Å²) in [5.41, 5.74) is 3.66. The highest BCUT2D eigenvalue weighted by Gasteiger charge is 2.47. The fourth-order valence-corrected chi connectivity index (χ4v) is 8.34. The molecule has 0 unspecified atom stereocenters. The van der Waals surface area contributed by atoms with E-state index in [0.717, 1.165) is 70.9 Å². The summed E-state index contributed by atoms with van der Waals surface area (Å²) in [4.78, 5) is 19.3. The number of carboxylic acid groups (broad SMARTS) is 1. The zero-order valence-corrected chi connectivity index (χ0v) is 24.3. The van der Waals surface area contributed by atoms with Gasteiger partial charge in [0.15, 0.2) is 5.13 Å². The molecule has 4 fully saturated rings. The monoisotopic (exact) mass is 609 g/mol. The van der Waals surface area contributed by atoms with Crippen LogP contribution < -0.4 is 4.90 Å². The van der Waals surface area contributed by atoms with Crippen LogP contribution in [-0.4, -0.2) is 53.1 Å². The molecule has 0 amide bonds. The quantitative estimate of drug-likeness (QED) is 0.228. The Hall–Kier alpha value is -3.05. The Bertz CT molecular complexity index is 1680. The summed E-state index contributed by atoms with van der Waals surface area (Å²) in [6, 6.07) is 8.45. The second-order valence-corrected chi connectivity index (χ2v) is 13.3. The summed E-state index contributed by atoms with van der Waals surface area (Å²) in [5, 5.41) is 15.2. The van der Waals surface area contributed by atoms with E-state index >= 15 is 0 Å². The van der Waals surface area contributed by atoms with Gasteiger partial charge < -0.3 is 24.0 Å². The van der Waals surface area contributed by atoms with E-state index in [1.807, 2.05) is 0 Å². The van der Waals surface area contributed by atoms with Crippen LogP contribution in [0.5, 0.6) is 0 Å². The highest BCUT2D eigenvalue weighted by Crippen LogP contribution is 2.48. The van der Waals surface area contributed by atoms with E-state index in [9.17, 15) is 14.3 Å². The van der Waals surface area contributed by atoms with Crippen molar-refractivity contribution in [3.05, 3.63) is 63.6 Å². The number of hydrogen-bond acceptors (Lipinski definition) is 8. The number of halogens is 2. The molecule has 2 aliphatic carbocycles. The maximum Gasteiger partial charge on any atom is 0.335 e. The molecule has 4 aliphatic rings. The van der Waals surface area contributed by atoms with E-state index in [1.54, 1.807) is 35.6 Å². The minimum Gasteiger partial charge on any atom is -0.478 e. The number of fused-ring (bicyclic) bond motifs is 3. The average molecular weight is 610 g/mol. The van der Waals surface area contributed by atoms with Crippen LogP contribution in [0.4, 0.5) is 9.52 Å². The van der Waals surface area contributed by atoms with Crippen LogP contribution in [0, 0.1) is 11.7 Å². The second-order valence-electron chi connectivity index (χ2n) is 11.9. The minimum absolute atomic E-state index is 0.0661. The molecule has 0 radical (unpaired) electrons. The van der Waals surface area contributed by atoms with Crippen molar-refractivity contribution in [2.24, 2.45) is 5.92 Å². The van der Waals surface area contributed by atoms with Gasteiger partial charge in [0.25, 0.3) is 0 Å². The van der Waals surface area contributed by atoms with Crippen molar-refractivity contribution in [2.75, 3.05) is 24.7 Å². The first-order valence-corrected chi connectivity index (χ1v) is 15.7. The molecule has 2 aliphatic heterocycles. The number of carboxylic acids is 1. The maximum absolute atomic E-state index is 14.8. The summed E-state index contributed by atoms with van der Waals surface area (Å²) >= 11 is 7.95. The van der Waals surface area contributed by atoms with Gasteiger partial charge in [-0.25, -0.2) is 14.2 Å². The first-order chi connectivity index (χ1) is 20.4. The van der Waals surface area contributed by atoms with Crippen LogP contribution in [-0.2, 0) is 16.1 Å². The molecule has 218 valence electrons. The first-order valence-electron chi connectivity index (χ1n) is 14.5. The number of carbonyl (C=O) groups is 1. The highest BCUT2D eigenvalue weighted by atomic mass is 35.5. The van der Waals surface area contributed by atoms with E-state index in [0.29, 0.717) is 54.0 Å². The zero-order chi connectivity index (χ0) is 28.5. The fraction of sp³-hybridized carbons (Fsp3) is 0.452. The Labute approximate surface area is 250 Å². The molecule has 2 aromatic heterocycles. The molecule has 2 saturated heterocycles. The molecule has 2 bridgehead atoms. The van der Waals surface area contributed by atoms with Gasteiger partial charge in [0.05, 0.1) is 45.7 Å². The van der Waals surface area contributed by atoms with E-state index < -0.39 is 11.8 Å². The van der Waals surface area contributed by atoms with E-state index in [1.165, 1.54) is 6.07 Å². The van der Waals surface area contributed by atoms with E-state index in [-0.39, 0.29) is 17.6 Å². The number of aromatic nitrogens is 2. The largest absolute Gasteiger partial charge is 0.478 e. The smallest absolute Gasteiger partial charge is 0.335 e. The number of thiazole rings is 1. The van der Waals surface area contributed by atoms with Crippen molar-refractivity contribution in [1.82, 2.24) is 10.1 Å². The Morgan fingerprint density at radius 3 is 2.81 bits per heavy atom. The number of rotatable bonds is 8. The van der Waals surface area contributed by atoms with Gasteiger partial charge in [-0.3, -0.25) is 0 Å². The summed E-state index contributed by atoms with van der Waals surface area (Å²) in [6.45, 7) is 2.41. The molecule has 42 heavy (non-hydrogen) atoms. The molecule has 4 atom stereocenters. The zero-order valence-electron chi connectivity index (χ0n) is 22.7. The predicted octanol–water partition coefficient (Wildman–Crippen LogP) is 7.01. The number of aromatic carboxylic acids is 1. The van der Waals surface area contributed by atoms with Gasteiger partial charge in [-0.1, -0.05) is 34.2 Å². The molecule has 2 aromatic carbocycles. The minimum atomic E-state index is -0.926. The molecule has 11 heteroatoms. The molecule has 2 saturated carbocycles. The predicted molar refractivity (Wildman–Crippen MR) is 156 cm³/mol. The SMILES string of the molecule is O=C(O)c1cc([C@H]2CCOC2)c2nc(N3C[C@@H]4C[C@H]3C[C@H]4OCc3c(-c4c(F)cccc4Cl)noc3C3CC3)sc2c1. The normalized spacial score (nSPS) is 25.2. The Kier molecular flexibility index (Phi) is 6.51. The van der Waals surface area contributed by atoms with Crippen LogP contribution >= 0.6 is 22.9 Å². The lowest BCUT2D eigenvalue weighted by Crippen LogP contribution is -2.38. The van der Waals surface area contributed by atoms with E-state index in [2.05, 4.69) is 10.1 Å². The number of benzene rings is 2. The lowest BCUT2D eigenvalue weighted by molar-refractivity contribution is 0.0122. The highest BCUT2D eigenvalue weighted by molar-refractivity contribution is 7.22. The van der Waals surface area contributed by atoms with Crippen LogP contribution in [0.2, 0.25) is 5.02 Å². The summed E-state index contributed by atoms with van der Waals surface area (Å²) in [7, 11) is 0. The summed E-state index contributed by atoms with van der Waals surface area (Å²) < 4.78 is 33.6. The van der Waals surface area contributed by atoms with Gasteiger partial charge in [-0.05, 0) is 61.9 Å². The van der Waals surface area contributed by atoms with Gasteiger partial charge in [0.2, 0.25) is 0 Å². The Balaban J connectivity index is 1.02. The third kappa shape index (κ3) is 4.51. The molecule has 8 rings (SSSR count). The molecule has 4 heterocycles. The third-order valence-corrected chi connectivity index (χ3v) is 10.6. The molecular weight excluding hydrogens is 581 g/mol. The van der Waals surface area contributed by atoms with Crippen molar-refractivity contribution in [1.29, 1.82) is 0 Å². The van der Waals surface area contributed by atoms with Crippen LogP contribution in [0.1, 0.15) is 71.2 Å². The van der Waals surface area contributed by atoms with Crippen molar-refractivity contribution in [3.63, 3.8) is 0 Å². The second kappa shape index (κ2) is 10.3. The van der Waals surface area contributed by atoms with Crippen molar-refractivity contribution in [3.8, 4) is 11.3 Å². The summed E-state index contributed by atoms with van der Waals surface area (Å²) in [6.07, 6.45) is 4.87. The Morgan fingerprint density at radius 2 is 2.10 bits per heavy atom. The molecule has 8 nitrogen and oxygen atoms in total. The van der Waals surface area contributed by atoms with Crippen LogP contribution in [0.3, 0.4) is 0 Å². The molecule has 4 aromatic rings. The molecule has 0 spiro atoms. The van der Waals surface area contributed by atoms with Gasteiger partial charge in [-0.15, -0.1) is 0 Å². The fourth-order valence-electron chi connectivity index (χ4n) is 6.96. The maximum atomic E-state index is 14.8. The van der Waals surface area contributed by atoms with Gasteiger partial charge in [0, 0.05) is 42.5 Å². The number of piperidine rings is 1. The molecule has 1 N–H and O–H groups in total. The number of ether oxygens (including phenoxy) is 2.